The molecule has 6 heteroatoms. The minimum atomic E-state index is -0.398. The summed E-state index contributed by atoms with van der Waals surface area (Å²) in [7, 11) is 0. The van der Waals surface area contributed by atoms with Gasteiger partial charge >= 0.3 is 0 Å². The van der Waals surface area contributed by atoms with Crippen molar-refractivity contribution in [2.75, 3.05) is 31.1 Å². The number of rotatable bonds is 3. The highest BCUT2D eigenvalue weighted by molar-refractivity contribution is 14.1. The Kier molecular flexibility index (Phi) is 5.36. The highest BCUT2D eigenvalue weighted by Crippen LogP contribution is 2.23. The van der Waals surface area contributed by atoms with E-state index in [2.05, 4.69) is 22.6 Å². The summed E-state index contributed by atoms with van der Waals surface area (Å²) in [4.78, 5) is 27.6. The van der Waals surface area contributed by atoms with E-state index >= 15 is 0 Å². The van der Waals surface area contributed by atoms with Gasteiger partial charge in [-0.1, -0.05) is 0 Å². The molecule has 0 saturated carbocycles. The van der Waals surface area contributed by atoms with Crippen LogP contribution in [0.5, 0.6) is 0 Å². The van der Waals surface area contributed by atoms with Crippen LogP contribution >= 0.6 is 22.6 Å². The molecule has 130 valence electrons. The number of Topliss-reactive ketones (excluding diaryl/α,β-unsaturated/α-hetero) is 1. The Bertz CT molecular complexity index is 800. The number of hydrogen-bond donors (Lipinski definition) is 0. The van der Waals surface area contributed by atoms with E-state index < -0.39 is 5.82 Å². The molecule has 3 rings (SSSR count). The predicted molar refractivity (Wildman–Crippen MR) is 104 cm³/mol. The Balaban J connectivity index is 1.66. The molecule has 0 unspecified atom stereocenters. The Morgan fingerprint density at radius 1 is 0.960 bits per heavy atom. The van der Waals surface area contributed by atoms with Crippen molar-refractivity contribution < 1.29 is 14.0 Å². The molecular formula is C19H18FIN2O2. The van der Waals surface area contributed by atoms with Crippen LogP contribution in [-0.2, 0) is 0 Å². The minimum absolute atomic E-state index is 0.00319. The monoisotopic (exact) mass is 452 g/mol. The van der Waals surface area contributed by atoms with Gasteiger partial charge in [0.1, 0.15) is 5.82 Å². The highest BCUT2D eigenvalue weighted by atomic mass is 127. The Labute approximate surface area is 159 Å². The maximum atomic E-state index is 14.3. The molecule has 1 heterocycles. The molecule has 0 atom stereocenters. The normalized spacial score (nSPS) is 14.5. The first-order valence-electron chi connectivity index (χ1n) is 8.06. The van der Waals surface area contributed by atoms with Crippen molar-refractivity contribution >= 4 is 40.0 Å². The summed E-state index contributed by atoms with van der Waals surface area (Å²) < 4.78 is 15.4. The standard InChI is InChI=1S/C19H18FIN2O2/c1-13(24)15-4-7-18(17(20)12-15)22-8-10-23(11-9-22)19(25)14-2-5-16(21)6-3-14/h2-7,12H,8-11H2,1H3. The quantitative estimate of drug-likeness (QED) is 0.528. The van der Waals surface area contributed by atoms with E-state index in [4.69, 9.17) is 0 Å². The van der Waals surface area contributed by atoms with E-state index in [0.717, 1.165) is 3.57 Å². The third kappa shape index (κ3) is 4.00. The average molecular weight is 452 g/mol. The Hall–Kier alpha value is -1.96. The fourth-order valence-corrected chi connectivity index (χ4v) is 3.27. The molecule has 1 aliphatic heterocycles. The zero-order valence-corrected chi connectivity index (χ0v) is 16.0. The molecule has 2 aromatic rings. The number of carbonyl (C=O) groups excluding carboxylic acids is 2. The first kappa shape index (κ1) is 17.8. The molecule has 1 fully saturated rings. The number of piperazine rings is 1. The number of amides is 1. The van der Waals surface area contributed by atoms with Gasteiger partial charge in [0, 0.05) is 40.9 Å². The lowest BCUT2D eigenvalue weighted by Gasteiger charge is -2.36. The Morgan fingerprint density at radius 2 is 1.56 bits per heavy atom. The maximum absolute atomic E-state index is 14.3. The summed E-state index contributed by atoms with van der Waals surface area (Å²) in [5.74, 6) is -0.549. The average Bonchev–Trinajstić information content (AvgIpc) is 2.62. The van der Waals surface area contributed by atoms with E-state index in [1.165, 1.54) is 13.0 Å². The van der Waals surface area contributed by atoms with E-state index in [-0.39, 0.29) is 11.7 Å². The van der Waals surface area contributed by atoms with E-state index in [9.17, 15) is 14.0 Å². The molecule has 0 N–H and O–H groups in total. The number of halogens is 2. The lowest BCUT2D eigenvalue weighted by Crippen LogP contribution is -2.49. The van der Waals surface area contributed by atoms with Gasteiger partial charge in [-0.2, -0.15) is 0 Å². The fourth-order valence-electron chi connectivity index (χ4n) is 2.91. The molecule has 0 radical (unpaired) electrons. The summed E-state index contributed by atoms with van der Waals surface area (Å²) in [6.07, 6.45) is 0. The molecule has 1 aliphatic rings. The van der Waals surface area contributed by atoms with Crippen molar-refractivity contribution in [3.05, 3.63) is 63.0 Å². The van der Waals surface area contributed by atoms with Gasteiger partial charge in [0.05, 0.1) is 5.69 Å². The molecule has 25 heavy (non-hydrogen) atoms. The van der Waals surface area contributed by atoms with Gasteiger partial charge in [0.15, 0.2) is 5.78 Å². The van der Waals surface area contributed by atoms with Gasteiger partial charge in [0.2, 0.25) is 0 Å². The smallest absolute Gasteiger partial charge is 0.253 e. The van der Waals surface area contributed by atoms with Crippen LogP contribution in [0.15, 0.2) is 42.5 Å². The number of ketones is 1. The molecule has 0 aliphatic carbocycles. The van der Waals surface area contributed by atoms with Crippen LogP contribution in [0, 0.1) is 9.39 Å². The topological polar surface area (TPSA) is 40.6 Å². The van der Waals surface area contributed by atoms with Crippen LogP contribution in [-0.4, -0.2) is 42.8 Å². The number of nitrogens with zero attached hydrogens (tertiary/aromatic N) is 2. The highest BCUT2D eigenvalue weighted by Gasteiger charge is 2.23. The first-order chi connectivity index (χ1) is 12.0. The number of carbonyl (C=O) groups is 2. The first-order valence-corrected chi connectivity index (χ1v) is 9.14. The van der Waals surface area contributed by atoms with Crippen LogP contribution < -0.4 is 4.90 Å². The molecule has 0 aromatic heterocycles. The summed E-state index contributed by atoms with van der Waals surface area (Å²) in [5, 5.41) is 0. The largest absolute Gasteiger partial charge is 0.366 e. The SMILES string of the molecule is CC(=O)c1ccc(N2CCN(C(=O)c3ccc(I)cc3)CC2)c(F)c1. The minimum Gasteiger partial charge on any atom is -0.366 e. The second-order valence-corrected chi connectivity index (χ2v) is 7.25. The summed E-state index contributed by atoms with van der Waals surface area (Å²) in [5.41, 5.74) is 1.52. The second-order valence-electron chi connectivity index (χ2n) is 6.01. The van der Waals surface area contributed by atoms with Crippen molar-refractivity contribution in [2.24, 2.45) is 0 Å². The molecule has 1 saturated heterocycles. The van der Waals surface area contributed by atoms with Crippen LogP contribution in [0.4, 0.5) is 10.1 Å². The van der Waals surface area contributed by atoms with Crippen molar-refractivity contribution in [1.82, 2.24) is 4.90 Å². The maximum Gasteiger partial charge on any atom is 0.253 e. The predicted octanol–water partition coefficient (Wildman–Crippen LogP) is 3.60. The van der Waals surface area contributed by atoms with Gasteiger partial charge in [0.25, 0.3) is 5.91 Å². The second kappa shape index (κ2) is 7.51. The summed E-state index contributed by atoms with van der Waals surface area (Å²) in [6, 6.07) is 12.0. The van der Waals surface area contributed by atoms with Crippen LogP contribution in [0.2, 0.25) is 0 Å². The number of benzene rings is 2. The molecule has 0 bridgehead atoms. The van der Waals surface area contributed by atoms with Crippen LogP contribution in [0.1, 0.15) is 27.6 Å². The Morgan fingerprint density at radius 3 is 2.12 bits per heavy atom. The van der Waals surface area contributed by atoms with Crippen LogP contribution in [0.25, 0.3) is 0 Å². The summed E-state index contributed by atoms with van der Waals surface area (Å²) >= 11 is 2.20. The van der Waals surface area contributed by atoms with Gasteiger partial charge < -0.3 is 9.80 Å². The zero-order valence-electron chi connectivity index (χ0n) is 13.8. The fraction of sp³-hybridized carbons (Fsp3) is 0.263. The molecular weight excluding hydrogens is 434 g/mol. The van der Waals surface area contributed by atoms with Crippen molar-refractivity contribution in [2.45, 2.75) is 6.92 Å². The third-order valence-corrected chi connectivity index (χ3v) is 5.07. The third-order valence-electron chi connectivity index (χ3n) is 4.35. The summed E-state index contributed by atoms with van der Waals surface area (Å²) in [6.45, 7) is 3.62. The molecule has 0 spiro atoms. The van der Waals surface area contributed by atoms with E-state index in [1.807, 2.05) is 29.2 Å². The lowest BCUT2D eigenvalue weighted by atomic mass is 10.1. The van der Waals surface area contributed by atoms with Crippen molar-refractivity contribution in [3.8, 4) is 0 Å². The molecule has 1 amide bonds. The van der Waals surface area contributed by atoms with Crippen molar-refractivity contribution in [1.29, 1.82) is 0 Å². The zero-order chi connectivity index (χ0) is 18.0. The van der Waals surface area contributed by atoms with Gasteiger partial charge in [-0.05, 0) is 72.0 Å². The lowest BCUT2D eigenvalue weighted by molar-refractivity contribution is 0.0746. The number of hydrogen-bond acceptors (Lipinski definition) is 3. The van der Waals surface area contributed by atoms with Gasteiger partial charge in [-0.25, -0.2) is 4.39 Å². The molecule has 4 nitrogen and oxygen atoms in total. The van der Waals surface area contributed by atoms with Crippen LogP contribution in [0.3, 0.4) is 0 Å². The van der Waals surface area contributed by atoms with Crippen molar-refractivity contribution in [3.63, 3.8) is 0 Å². The molecule has 2 aromatic carbocycles. The van der Waals surface area contributed by atoms with Gasteiger partial charge in [-0.15, -0.1) is 0 Å². The van der Waals surface area contributed by atoms with E-state index in [1.54, 1.807) is 17.0 Å². The number of anilines is 1. The van der Waals surface area contributed by atoms with E-state index in [0.29, 0.717) is 43.0 Å². The van der Waals surface area contributed by atoms with Gasteiger partial charge in [-0.3, -0.25) is 9.59 Å².